The molecule has 1 aromatic heterocycles. The van der Waals surface area contributed by atoms with Crippen molar-refractivity contribution < 1.29 is 13.6 Å². The van der Waals surface area contributed by atoms with Crippen molar-refractivity contribution in [3.05, 3.63) is 17.0 Å². The van der Waals surface area contributed by atoms with Gasteiger partial charge in [0.25, 0.3) is 0 Å². The van der Waals surface area contributed by atoms with E-state index in [-0.39, 0.29) is 18.4 Å². The van der Waals surface area contributed by atoms with Gasteiger partial charge in [-0.2, -0.15) is 13.9 Å². The van der Waals surface area contributed by atoms with Crippen LogP contribution in [0, 0.1) is 19.8 Å². The van der Waals surface area contributed by atoms with Crippen LogP contribution in [-0.4, -0.2) is 33.2 Å². The van der Waals surface area contributed by atoms with Crippen LogP contribution in [0.1, 0.15) is 63.0 Å². The van der Waals surface area contributed by atoms with Crippen LogP contribution in [0.4, 0.5) is 8.78 Å². The Balaban J connectivity index is 2.18. The Morgan fingerprint density at radius 2 is 2.09 bits per heavy atom. The van der Waals surface area contributed by atoms with E-state index >= 15 is 0 Å². The number of aromatic nitrogens is 2. The number of carbonyl (C=O) groups excluding carboxylic acids is 1. The maximum atomic E-state index is 12.9. The van der Waals surface area contributed by atoms with E-state index in [9.17, 15) is 13.6 Å². The molecule has 0 aliphatic carbocycles. The number of rotatable bonds is 5. The summed E-state index contributed by atoms with van der Waals surface area (Å²) in [4.78, 5) is 14.8. The van der Waals surface area contributed by atoms with Crippen molar-refractivity contribution in [2.24, 2.45) is 5.92 Å². The lowest BCUT2D eigenvalue weighted by atomic mass is 9.87. The van der Waals surface area contributed by atoms with Crippen molar-refractivity contribution in [2.75, 3.05) is 6.54 Å². The summed E-state index contributed by atoms with van der Waals surface area (Å²) in [5.41, 5.74) is 1.56. The highest BCUT2D eigenvalue weighted by molar-refractivity contribution is 5.79. The van der Waals surface area contributed by atoms with Crippen molar-refractivity contribution in [1.82, 2.24) is 14.7 Å². The number of halogens is 2. The van der Waals surface area contributed by atoms with E-state index in [0.717, 1.165) is 32.2 Å². The van der Waals surface area contributed by atoms with E-state index in [1.807, 2.05) is 4.90 Å². The van der Waals surface area contributed by atoms with Crippen LogP contribution in [0.2, 0.25) is 0 Å². The van der Waals surface area contributed by atoms with Crippen LogP contribution in [0.15, 0.2) is 0 Å². The Morgan fingerprint density at radius 1 is 1.39 bits per heavy atom. The summed E-state index contributed by atoms with van der Waals surface area (Å²) in [6, 6.07) is 0.270. The average Bonchev–Trinajstić information content (AvgIpc) is 2.77. The molecule has 0 N–H and O–H groups in total. The van der Waals surface area contributed by atoms with Crippen molar-refractivity contribution in [3.63, 3.8) is 0 Å². The molecule has 1 aromatic rings. The third kappa shape index (κ3) is 3.72. The third-order valence-electron chi connectivity index (χ3n) is 5.01. The largest absolute Gasteiger partial charge is 0.339 e. The predicted octanol–water partition coefficient (Wildman–Crippen LogP) is 3.86. The van der Waals surface area contributed by atoms with Gasteiger partial charge >= 0.3 is 6.55 Å². The smallest absolute Gasteiger partial charge is 0.333 e. The first-order valence-corrected chi connectivity index (χ1v) is 8.49. The van der Waals surface area contributed by atoms with Crippen molar-refractivity contribution in [2.45, 2.75) is 72.4 Å². The number of hydrogen-bond donors (Lipinski definition) is 0. The van der Waals surface area contributed by atoms with Crippen LogP contribution in [-0.2, 0) is 11.2 Å². The second kappa shape index (κ2) is 7.41. The lowest BCUT2D eigenvalue weighted by Crippen LogP contribution is -2.48. The minimum absolute atomic E-state index is 0.0371. The van der Waals surface area contributed by atoms with Gasteiger partial charge in [0, 0.05) is 23.8 Å². The zero-order valence-corrected chi connectivity index (χ0v) is 14.5. The molecule has 23 heavy (non-hydrogen) atoms. The van der Waals surface area contributed by atoms with Crippen LogP contribution in [0.5, 0.6) is 0 Å². The summed E-state index contributed by atoms with van der Waals surface area (Å²) in [6.07, 6.45) is 4.37. The maximum absolute atomic E-state index is 12.9. The number of amides is 1. The standard InChI is InChI=1S/C17H27F2N3O/c1-5-7-15-11(2)8-6-9-21(15)16(23)10-14-12(3)20-22(13(14)4)17(18)19/h11,15,17H,5-10H2,1-4H3/t11-,15+/m0/s1. The first kappa shape index (κ1) is 17.9. The van der Waals surface area contributed by atoms with Gasteiger partial charge in [-0.05, 0) is 39.0 Å². The molecule has 2 heterocycles. The number of piperidine rings is 1. The summed E-state index contributed by atoms with van der Waals surface area (Å²) >= 11 is 0. The second-order valence-electron chi connectivity index (χ2n) is 6.61. The number of nitrogens with zero attached hydrogens (tertiary/aromatic N) is 3. The molecule has 0 saturated carbocycles. The summed E-state index contributed by atoms with van der Waals surface area (Å²) in [5, 5.41) is 3.87. The zero-order valence-electron chi connectivity index (χ0n) is 14.5. The van der Waals surface area contributed by atoms with E-state index in [4.69, 9.17) is 0 Å². The number of likely N-dealkylation sites (tertiary alicyclic amines) is 1. The third-order valence-corrected chi connectivity index (χ3v) is 5.01. The number of carbonyl (C=O) groups is 1. The second-order valence-corrected chi connectivity index (χ2v) is 6.61. The van der Waals surface area contributed by atoms with Gasteiger partial charge in [0.15, 0.2) is 0 Å². The Hall–Kier alpha value is -1.46. The molecule has 0 bridgehead atoms. The van der Waals surface area contributed by atoms with Gasteiger partial charge in [0.1, 0.15) is 0 Å². The van der Waals surface area contributed by atoms with Crippen LogP contribution >= 0.6 is 0 Å². The highest BCUT2D eigenvalue weighted by Gasteiger charge is 2.32. The number of alkyl halides is 2. The molecular weight excluding hydrogens is 300 g/mol. The molecule has 0 aromatic carbocycles. The summed E-state index contributed by atoms with van der Waals surface area (Å²) in [6.45, 7) is 5.74. The molecule has 1 aliphatic rings. The lowest BCUT2D eigenvalue weighted by Gasteiger charge is -2.40. The lowest BCUT2D eigenvalue weighted by molar-refractivity contribution is -0.135. The van der Waals surface area contributed by atoms with Gasteiger partial charge < -0.3 is 4.90 Å². The molecule has 130 valence electrons. The molecular formula is C17H27F2N3O. The van der Waals surface area contributed by atoms with Gasteiger partial charge in [-0.3, -0.25) is 4.79 Å². The molecule has 4 nitrogen and oxygen atoms in total. The molecule has 6 heteroatoms. The Bertz CT molecular complexity index is 556. The maximum Gasteiger partial charge on any atom is 0.333 e. The quantitative estimate of drug-likeness (QED) is 0.823. The molecule has 1 fully saturated rings. The van der Waals surface area contributed by atoms with E-state index in [2.05, 4.69) is 18.9 Å². The Morgan fingerprint density at radius 3 is 2.65 bits per heavy atom. The van der Waals surface area contributed by atoms with Gasteiger partial charge in [-0.15, -0.1) is 0 Å². The molecule has 2 rings (SSSR count). The molecule has 0 unspecified atom stereocenters. The van der Waals surface area contributed by atoms with Gasteiger partial charge in [-0.1, -0.05) is 20.3 Å². The number of aryl methyl sites for hydroxylation is 1. The van der Waals surface area contributed by atoms with E-state index in [1.165, 1.54) is 0 Å². The Labute approximate surface area is 136 Å². The normalized spacial score (nSPS) is 22.0. The monoisotopic (exact) mass is 327 g/mol. The van der Waals surface area contributed by atoms with Crippen molar-refractivity contribution in [3.8, 4) is 0 Å². The van der Waals surface area contributed by atoms with Crippen molar-refractivity contribution >= 4 is 5.91 Å². The van der Waals surface area contributed by atoms with Gasteiger partial charge in [0.05, 0.1) is 12.1 Å². The molecule has 1 saturated heterocycles. The summed E-state index contributed by atoms with van der Waals surface area (Å²) in [5.74, 6) is 0.536. The van der Waals surface area contributed by atoms with Crippen LogP contribution < -0.4 is 0 Å². The molecule has 1 amide bonds. The first-order chi connectivity index (χ1) is 10.9. The fourth-order valence-corrected chi connectivity index (χ4v) is 3.69. The highest BCUT2D eigenvalue weighted by Crippen LogP contribution is 2.28. The zero-order chi connectivity index (χ0) is 17.1. The first-order valence-electron chi connectivity index (χ1n) is 8.49. The van der Waals surface area contributed by atoms with E-state index in [1.54, 1.807) is 13.8 Å². The molecule has 0 radical (unpaired) electrons. The average molecular weight is 327 g/mol. The topological polar surface area (TPSA) is 38.1 Å². The SMILES string of the molecule is CCC[C@@H]1[C@@H](C)CCCN1C(=O)Cc1c(C)nn(C(F)F)c1C. The predicted molar refractivity (Wildman–Crippen MR) is 85.5 cm³/mol. The minimum atomic E-state index is -2.67. The van der Waals surface area contributed by atoms with Crippen molar-refractivity contribution in [1.29, 1.82) is 0 Å². The number of hydrogen-bond acceptors (Lipinski definition) is 2. The van der Waals surface area contributed by atoms with Crippen LogP contribution in [0.3, 0.4) is 0 Å². The molecule has 0 spiro atoms. The molecule has 1 aliphatic heterocycles. The van der Waals surface area contributed by atoms with Gasteiger partial charge in [-0.25, -0.2) is 4.68 Å². The molecule has 2 atom stereocenters. The van der Waals surface area contributed by atoms with Crippen LogP contribution in [0.25, 0.3) is 0 Å². The highest BCUT2D eigenvalue weighted by atomic mass is 19.3. The minimum Gasteiger partial charge on any atom is -0.339 e. The Kier molecular flexibility index (Phi) is 5.76. The summed E-state index contributed by atoms with van der Waals surface area (Å²) < 4.78 is 26.6. The fourth-order valence-electron chi connectivity index (χ4n) is 3.69. The van der Waals surface area contributed by atoms with E-state index < -0.39 is 6.55 Å². The summed E-state index contributed by atoms with van der Waals surface area (Å²) in [7, 11) is 0. The fraction of sp³-hybridized carbons (Fsp3) is 0.765. The van der Waals surface area contributed by atoms with E-state index in [0.29, 0.717) is 27.6 Å². The van der Waals surface area contributed by atoms with Gasteiger partial charge in [0.2, 0.25) is 5.91 Å².